The highest BCUT2D eigenvalue weighted by Gasteiger charge is 2.40. The molecule has 51 heavy (non-hydrogen) atoms. The van der Waals surface area contributed by atoms with Gasteiger partial charge in [0.2, 0.25) is 0 Å². The van der Waals surface area contributed by atoms with Crippen molar-refractivity contribution in [2.45, 2.75) is 44.6 Å². The molecule has 4 heterocycles. The molecule has 2 N–H and O–H groups in total. The molecule has 0 spiro atoms. The lowest BCUT2D eigenvalue weighted by molar-refractivity contribution is 0.0383. The second kappa shape index (κ2) is 15.2. The van der Waals surface area contributed by atoms with Gasteiger partial charge in [0.15, 0.2) is 11.6 Å². The Hall–Kier alpha value is -6.16. The zero-order valence-corrected chi connectivity index (χ0v) is 28.0. The van der Waals surface area contributed by atoms with Crippen LogP contribution in [0.15, 0.2) is 122 Å². The number of carbonyl (C=O) groups excluding carboxylic acids is 4. The molecule has 0 radical (unpaired) electrons. The van der Waals surface area contributed by atoms with Gasteiger partial charge < -0.3 is 19.4 Å². The van der Waals surface area contributed by atoms with Crippen LogP contribution in [0.1, 0.15) is 51.1 Å². The second-order valence-corrected chi connectivity index (χ2v) is 12.7. The van der Waals surface area contributed by atoms with Crippen molar-refractivity contribution in [1.82, 2.24) is 19.8 Å². The second-order valence-electron chi connectivity index (χ2n) is 12.7. The molecule has 0 aliphatic carbocycles. The summed E-state index contributed by atoms with van der Waals surface area (Å²) in [5.41, 5.74) is 4.96. The molecule has 6 aromatic rings. The summed E-state index contributed by atoms with van der Waals surface area (Å²) < 4.78 is 10.8. The number of rotatable bonds is 8. The summed E-state index contributed by atoms with van der Waals surface area (Å²) in [6.45, 7) is 1.52. The number of nitrogens with one attached hydrogen (secondary N) is 2. The van der Waals surface area contributed by atoms with Gasteiger partial charge in [-0.2, -0.15) is 0 Å². The van der Waals surface area contributed by atoms with Crippen LogP contribution in [0.2, 0.25) is 0 Å². The lowest BCUT2D eigenvalue weighted by Crippen LogP contribution is -2.55. The number of nitrogens with zero attached hydrogens (tertiary/aromatic N) is 2. The van der Waals surface area contributed by atoms with Crippen molar-refractivity contribution in [1.29, 1.82) is 0 Å². The van der Waals surface area contributed by atoms with Crippen molar-refractivity contribution in [2.75, 3.05) is 13.1 Å². The van der Waals surface area contributed by atoms with E-state index in [1.807, 2.05) is 109 Å². The standard InChI is InChI=1S/C21H20N2O3.C20H18N2O3/c24-20(17-13-22-18-10-5-4-9-16(17)18)19-11-6-12-23(19)21(25)26-14-15-7-2-1-3-8-15;23-19(16-12-21-17-9-5-4-8-15(16)17)18-10-11-22(18)20(24)25-13-14-6-2-1-3-7-14/h1-5,7-10,13,19,22H,6,11-12,14H2;1-9,12,18,21H,10-11,13H2. The number of H-pyrrole nitrogens is 2. The first-order valence-corrected chi connectivity index (χ1v) is 17.1. The Morgan fingerprint density at radius 3 is 1.45 bits per heavy atom. The smallest absolute Gasteiger partial charge is 0.410 e. The summed E-state index contributed by atoms with van der Waals surface area (Å²) in [5.74, 6) is -0.0722. The Bertz CT molecular complexity index is 2160. The van der Waals surface area contributed by atoms with Crippen molar-refractivity contribution in [3.8, 4) is 0 Å². The van der Waals surface area contributed by atoms with E-state index >= 15 is 0 Å². The quantitative estimate of drug-likeness (QED) is 0.157. The number of aromatic nitrogens is 2. The molecule has 2 aliphatic heterocycles. The summed E-state index contributed by atoms with van der Waals surface area (Å²) in [5, 5.41) is 1.78. The Balaban J connectivity index is 0.000000159. The number of aromatic amines is 2. The zero-order chi connectivity index (χ0) is 35.2. The van der Waals surface area contributed by atoms with E-state index in [-0.39, 0.29) is 24.8 Å². The van der Waals surface area contributed by atoms with Crippen LogP contribution >= 0.6 is 0 Å². The van der Waals surface area contributed by atoms with Crippen LogP contribution in [-0.4, -0.2) is 68.7 Å². The average Bonchev–Trinajstić information content (AvgIpc) is 3.92. The van der Waals surface area contributed by atoms with Crippen LogP contribution < -0.4 is 0 Å². The number of para-hydroxylation sites is 2. The van der Waals surface area contributed by atoms with Crippen molar-refractivity contribution in [3.05, 3.63) is 144 Å². The summed E-state index contributed by atoms with van der Waals surface area (Å²) in [4.78, 5) is 60.0. The van der Waals surface area contributed by atoms with Crippen LogP contribution in [0.4, 0.5) is 9.59 Å². The van der Waals surface area contributed by atoms with Gasteiger partial charge in [0.05, 0.1) is 6.04 Å². The van der Waals surface area contributed by atoms with Gasteiger partial charge in [-0.25, -0.2) is 9.59 Å². The molecule has 2 unspecified atom stereocenters. The molecule has 8 rings (SSSR count). The van der Waals surface area contributed by atoms with E-state index in [1.165, 1.54) is 4.90 Å². The van der Waals surface area contributed by atoms with E-state index in [9.17, 15) is 19.2 Å². The Labute approximate surface area is 295 Å². The molecule has 0 saturated carbocycles. The minimum Gasteiger partial charge on any atom is -0.445 e. The molecule has 2 amide bonds. The number of hydrogen-bond donors (Lipinski definition) is 2. The average molecular weight is 683 g/mol. The maximum atomic E-state index is 13.0. The third-order valence-electron chi connectivity index (χ3n) is 9.47. The van der Waals surface area contributed by atoms with Crippen LogP contribution in [0.25, 0.3) is 21.8 Å². The number of fused-ring (bicyclic) bond motifs is 2. The van der Waals surface area contributed by atoms with Crippen molar-refractivity contribution < 1.29 is 28.7 Å². The number of carbonyl (C=O) groups is 4. The summed E-state index contributed by atoms with van der Waals surface area (Å²) in [6, 6.07) is 33.5. The fraction of sp³-hybridized carbons (Fsp3) is 0.220. The van der Waals surface area contributed by atoms with Crippen LogP contribution in [0, 0.1) is 0 Å². The molecule has 10 heteroatoms. The van der Waals surface area contributed by atoms with E-state index in [0.29, 0.717) is 37.1 Å². The molecule has 10 nitrogen and oxygen atoms in total. The van der Waals surface area contributed by atoms with Gasteiger partial charge in [-0.3, -0.25) is 19.4 Å². The van der Waals surface area contributed by atoms with Gasteiger partial charge in [-0.15, -0.1) is 0 Å². The SMILES string of the molecule is O=C(c1c[nH]c2ccccc12)C1CCCN1C(=O)OCc1ccccc1.O=C(c1c[nH]c2ccccc12)C1CCN1C(=O)OCc1ccccc1. The zero-order valence-electron chi connectivity index (χ0n) is 28.0. The van der Waals surface area contributed by atoms with E-state index < -0.39 is 24.3 Å². The summed E-state index contributed by atoms with van der Waals surface area (Å²) >= 11 is 0. The van der Waals surface area contributed by atoms with Gasteiger partial charge in [0.25, 0.3) is 0 Å². The van der Waals surface area contributed by atoms with Gasteiger partial charge in [0, 0.05) is 58.4 Å². The van der Waals surface area contributed by atoms with Gasteiger partial charge in [-0.05, 0) is 42.5 Å². The molecular formula is C41H38N4O6. The lowest BCUT2D eigenvalue weighted by Gasteiger charge is -2.38. The summed E-state index contributed by atoms with van der Waals surface area (Å²) in [7, 11) is 0. The first-order valence-electron chi connectivity index (χ1n) is 17.1. The highest BCUT2D eigenvalue weighted by Crippen LogP contribution is 2.28. The predicted octanol–water partition coefficient (Wildman–Crippen LogP) is 7.91. The van der Waals surface area contributed by atoms with E-state index in [4.69, 9.17) is 9.47 Å². The van der Waals surface area contributed by atoms with E-state index in [2.05, 4.69) is 9.97 Å². The third-order valence-corrected chi connectivity index (χ3v) is 9.47. The van der Waals surface area contributed by atoms with Crippen molar-refractivity contribution >= 4 is 45.6 Å². The molecule has 2 saturated heterocycles. The molecular weight excluding hydrogens is 644 g/mol. The Morgan fingerprint density at radius 2 is 0.980 bits per heavy atom. The van der Waals surface area contributed by atoms with Crippen molar-refractivity contribution in [3.63, 3.8) is 0 Å². The number of ether oxygens (including phenoxy) is 2. The fourth-order valence-corrected chi connectivity index (χ4v) is 6.65. The molecule has 2 fully saturated rings. The number of Topliss-reactive ketones (excluding diaryl/α,β-unsaturated/α-hetero) is 2. The third kappa shape index (κ3) is 7.26. The maximum Gasteiger partial charge on any atom is 0.410 e. The predicted molar refractivity (Wildman–Crippen MR) is 193 cm³/mol. The highest BCUT2D eigenvalue weighted by atomic mass is 16.6. The van der Waals surface area contributed by atoms with Gasteiger partial charge >= 0.3 is 12.2 Å². The van der Waals surface area contributed by atoms with Gasteiger partial charge in [0.1, 0.15) is 19.3 Å². The number of benzene rings is 4. The normalized spacial score (nSPS) is 16.6. The monoisotopic (exact) mass is 682 g/mol. The fourth-order valence-electron chi connectivity index (χ4n) is 6.65. The highest BCUT2D eigenvalue weighted by molar-refractivity contribution is 6.12. The minimum atomic E-state index is -0.461. The number of ketones is 2. The van der Waals surface area contributed by atoms with Crippen LogP contribution in [0.3, 0.4) is 0 Å². The first-order chi connectivity index (χ1) is 25.0. The van der Waals surface area contributed by atoms with E-state index in [0.717, 1.165) is 39.4 Å². The van der Waals surface area contributed by atoms with Crippen LogP contribution in [-0.2, 0) is 22.7 Å². The topological polar surface area (TPSA) is 125 Å². The minimum absolute atomic E-state index is 0.0309. The largest absolute Gasteiger partial charge is 0.445 e. The molecule has 4 aromatic carbocycles. The molecule has 0 bridgehead atoms. The first kappa shape index (κ1) is 33.3. The molecule has 2 atom stereocenters. The number of hydrogen-bond acceptors (Lipinski definition) is 6. The lowest BCUT2D eigenvalue weighted by atomic mass is 9.94. The van der Waals surface area contributed by atoms with Crippen molar-refractivity contribution in [2.24, 2.45) is 0 Å². The van der Waals surface area contributed by atoms with Gasteiger partial charge in [-0.1, -0.05) is 97.1 Å². The Kier molecular flexibility index (Phi) is 9.91. The molecule has 2 aromatic heterocycles. The van der Waals surface area contributed by atoms with E-state index in [1.54, 1.807) is 17.3 Å². The number of likely N-dealkylation sites (tertiary alicyclic amines) is 2. The molecule has 2 aliphatic rings. The van der Waals surface area contributed by atoms with Crippen LogP contribution in [0.5, 0.6) is 0 Å². The number of amides is 2. The summed E-state index contributed by atoms with van der Waals surface area (Å²) in [6.07, 6.45) is 4.73. The maximum absolute atomic E-state index is 13.0. The Morgan fingerprint density at radius 1 is 0.549 bits per heavy atom. The molecule has 258 valence electrons.